The van der Waals surface area contributed by atoms with Gasteiger partial charge in [0.15, 0.2) is 0 Å². The maximum absolute atomic E-state index is 13.1. The zero-order chi connectivity index (χ0) is 20.0. The average Bonchev–Trinajstić information content (AvgIpc) is 3.40. The van der Waals surface area contributed by atoms with E-state index in [0.29, 0.717) is 17.6 Å². The van der Waals surface area contributed by atoms with Crippen molar-refractivity contribution in [2.75, 3.05) is 33.2 Å². The summed E-state index contributed by atoms with van der Waals surface area (Å²) in [6.45, 7) is 4.35. The van der Waals surface area contributed by atoms with Crippen LogP contribution in [0, 0.1) is 5.41 Å². The molecule has 0 aliphatic carbocycles. The number of carbonyl (C=O) groups excluding carboxylic acids is 1. The van der Waals surface area contributed by atoms with Crippen LogP contribution in [0.25, 0.3) is 11.0 Å². The van der Waals surface area contributed by atoms with E-state index in [1.807, 2.05) is 53.4 Å². The third-order valence-electron chi connectivity index (χ3n) is 6.56. The summed E-state index contributed by atoms with van der Waals surface area (Å²) in [6.07, 6.45) is 2.25. The molecule has 0 radical (unpaired) electrons. The molecule has 1 spiro atoms. The second-order valence-corrected chi connectivity index (χ2v) is 8.70. The normalized spacial score (nSPS) is 22.2. The van der Waals surface area contributed by atoms with Gasteiger partial charge in [-0.1, -0.05) is 30.3 Å². The smallest absolute Gasteiger partial charge is 0.326 e. The van der Waals surface area contributed by atoms with Gasteiger partial charge in [-0.2, -0.15) is 0 Å². The highest BCUT2D eigenvalue weighted by Gasteiger charge is 2.43. The molecule has 3 heterocycles. The van der Waals surface area contributed by atoms with Gasteiger partial charge in [-0.05, 0) is 50.2 Å². The van der Waals surface area contributed by atoms with Crippen LogP contribution < -0.4 is 5.69 Å². The van der Waals surface area contributed by atoms with Gasteiger partial charge in [-0.25, -0.2) is 4.79 Å². The number of rotatable bonds is 3. The average molecular weight is 390 g/mol. The monoisotopic (exact) mass is 390 g/mol. The Balaban J connectivity index is 1.39. The lowest BCUT2D eigenvalue weighted by molar-refractivity contribution is 0.0774. The molecule has 3 aromatic rings. The molecule has 2 fully saturated rings. The van der Waals surface area contributed by atoms with E-state index < -0.39 is 0 Å². The molecule has 2 aromatic carbocycles. The molecule has 2 aliphatic rings. The first-order chi connectivity index (χ1) is 14.0. The fourth-order valence-electron chi connectivity index (χ4n) is 5.00. The largest absolute Gasteiger partial charge is 0.338 e. The Morgan fingerprint density at radius 3 is 2.62 bits per heavy atom. The summed E-state index contributed by atoms with van der Waals surface area (Å²) in [7, 11) is 2.16. The highest BCUT2D eigenvalue weighted by atomic mass is 16.2. The fourth-order valence-corrected chi connectivity index (χ4v) is 5.00. The number of imidazole rings is 1. The lowest BCUT2D eigenvalue weighted by Gasteiger charge is -2.23. The van der Waals surface area contributed by atoms with Gasteiger partial charge in [-0.3, -0.25) is 9.36 Å². The van der Waals surface area contributed by atoms with E-state index >= 15 is 0 Å². The number of amides is 1. The number of hydrogen-bond acceptors (Lipinski definition) is 3. The number of aromatic nitrogens is 2. The van der Waals surface area contributed by atoms with Crippen LogP contribution in [-0.4, -0.2) is 58.5 Å². The summed E-state index contributed by atoms with van der Waals surface area (Å²) in [6, 6.07) is 15.5. The minimum atomic E-state index is -0.150. The standard InChI is InChI=1S/C23H26N4O2/c1-25-11-9-23(15-25)10-12-26(16-23)21(28)18-7-8-20-19(13-18)24-22(29)27(20)14-17-5-3-2-4-6-17/h2-8,13H,9-12,14-16H2,1H3,(H,24,29). The predicted octanol–water partition coefficient (Wildman–Crippen LogP) is 2.55. The lowest BCUT2D eigenvalue weighted by Crippen LogP contribution is -2.33. The molecule has 1 aromatic heterocycles. The van der Waals surface area contributed by atoms with Gasteiger partial charge in [0.1, 0.15) is 0 Å². The number of nitrogens with one attached hydrogen (secondary N) is 1. The van der Waals surface area contributed by atoms with E-state index in [9.17, 15) is 9.59 Å². The van der Waals surface area contributed by atoms with Crippen molar-refractivity contribution in [1.82, 2.24) is 19.4 Å². The third kappa shape index (κ3) is 3.27. The number of likely N-dealkylation sites (tertiary alicyclic amines) is 2. The summed E-state index contributed by atoms with van der Waals surface area (Å²) in [5.74, 6) is 0.0648. The molecule has 2 saturated heterocycles. The van der Waals surface area contributed by atoms with Crippen LogP contribution in [0.15, 0.2) is 53.3 Å². The molecule has 0 saturated carbocycles. The molecule has 6 heteroatoms. The Bertz CT molecular complexity index is 1120. The first kappa shape index (κ1) is 18.2. The predicted molar refractivity (Wildman–Crippen MR) is 113 cm³/mol. The molecule has 1 atom stereocenters. The first-order valence-corrected chi connectivity index (χ1v) is 10.3. The van der Waals surface area contributed by atoms with Gasteiger partial charge in [0.2, 0.25) is 0 Å². The first-order valence-electron chi connectivity index (χ1n) is 10.3. The van der Waals surface area contributed by atoms with E-state index in [0.717, 1.165) is 43.7 Å². The quantitative estimate of drug-likeness (QED) is 0.748. The highest BCUT2D eigenvalue weighted by molar-refractivity contribution is 5.97. The van der Waals surface area contributed by atoms with Crippen molar-refractivity contribution in [1.29, 1.82) is 0 Å². The number of H-pyrrole nitrogens is 1. The van der Waals surface area contributed by atoms with Crippen LogP contribution in [0.4, 0.5) is 0 Å². The van der Waals surface area contributed by atoms with Crippen LogP contribution in [0.1, 0.15) is 28.8 Å². The van der Waals surface area contributed by atoms with Gasteiger partial charge >= 0.3 is 5.69 Å². The van der Waals surface area contributed by atoms with Crippen LogP contribution in [-0.2, 0) is 6.54 Å². The zero-order valence-electron chi connectivity index (χ0n) is 16.7. The minimum Gasteiger partial charge on any atom is -0.338 e. The van der Waals surface area contributed by atoms with Crippen LogP contribution in [0.3, 0.4) is 0 Å². The Morgan fingerprint density at radius 1 is 1.07 bits per heavy atom. The van der Waals surface area contributed by atoms with E-state index in [2.05, 4.69) is 16.9 Å². The van der Waals surface area contributed by atoms with Crippen molar-refractivity contribution in [3.05, 3.63) is 70.1 Å². The van der Waals surface area contributed by atoms with E-state index in [1.54, 1.807) is 4.57 Å². The Labute approximate surface area is 169 Å². The molecule has 1 amide bonds. The van der Waals surface area contributed by atoms with Crippen molar-refractivity contribution in [2.24, 2.45) is 5.41 Å². The van der Waals surface area contributed by atoms with Crippen LogP contribution >= 0.6 is 0 Å². The summed E-state index contributed by atoms with van der Waals surface area (Å²) in [5, 5.41) is 0. The number of hydrogen-bond donors (Lipinski definition) is 1. The van der Waals surface area contributed by atoms with E-state index in [-0.39, 0.29) is 17.0 Å². The number of nitrogens with zero attached hydrogens (tertiary/aromatic N) is 3. The van der Waals surface area contributed by atoms with Crippen LogP contribution in [0.5, 0.6) is 0 Å². The second-order valence-electron chi connectivity index (χ2n) is 8.70. The number of carbonyl (C=O) groups is 1. The molecule has 1 unspecified atom stereocenters. The van der Waals surface area contributed by atoms with Crippen molar-refractivity contribution in [3.63, 3.8) is 0 Å². The molecular weight excluding hydrogens is 364 g/mol. The lowest BCUT2D eigenvalue weighted by atomic mass is 9.86. The van der Waals surface area contributed by atoms with Crippen molar-refractivity contribution in [3.8, 4) is 0 Å². The second kappa shape index (κ2) is 6.88. The molecule has 0 bridgehead atoms. The molecule has 29 heavy (non-hydrogen) atoms. The number of aromatic amines is 1. The molecule has 2 aliphatic heterocycles. The van der Waals surface area contributed by atoms with Gasteiger partial charge in [-0.15, -0.1) is 0 Å². The van der Waals surface area contributed by atoms with Gasteiger partial charge in [0, 0.05) is 30.6 Å². The van der Waals surface area contributed by atoms with E-state index in [1.165, 1.54) is 6.42 Å². The summed E-state index contributed by atoms with van der Waals surface area (Å²) >= 11 is 0. The molecule has 5 rings (SSSR count). The van der Waals surface area contributed by atoms with Gasteiger partial charge in [0.25, 0.3) is 5.91 Å². The molecule has 1 N–H and O–H groups in total. The number of benzene rings is 2. The molecule has 6 nitrogen and oxygen atoms in total. The minimum absolute atomic E-state index is 0.0648. The van der Waals surface area contributed by atoms with Gasteiger partial charge < -0.3 is 14.8 Å². The molecular formula is C23H26N4O2. The van der Waals surface area contributed by atoms with Crippen LogP contribution in [0.2, 0.25) is 0 Å². The third-order valence-corrected chi connectivity index (χ3v) is 6.56. The Kier molecular flexibility index (Phi) is 4.32. The van der Waals surface area contributed by atoms with Crippen molar-refractivity contribution in [2.45, 2.75) is 19.4 Å². The summed E-state index contributed by atoms with van der Waals surface area (Å²) in [5.41, 5.74) is 3.37. The Hall–Kier alpha value is -2.86. The SMILES string of the molecule is CN1CCC2(CCN(C(=O)c3ccc4c(c3)[nH]c(=O)n4Cc3ccccc3)C2)C1. The zero-order valence-corrected chi connectivity index (χ0v) is 16.7. The fraction of sp³-hybridized carbons (Fsp3) is 0.391. The molecule has 150 valence electrons. The van der Waals surface area contributed by atoms with E-state index in [4.69, 9.17) is 0 Å². The summed E-state index contributed by atoms with van der Waals surface area (Å²) < 4.78 is 1.72. The van der Waals surface area contributed by atoms with Gasteiger partial charge in [0.05, 0.1) is 17.6 Å². The number of fused-ring (bicyclic) bond motifs is 1. The Morgan fingerprint density at radius 2 is 1.86 bits per heavy atom. The maximum atomic E-state index is 13.1. The topological polar surface area (TPSA) is 61.3 Å². The maximum Gasteiger partial charge on any atom is 0.326 e. The summed E-state index contributed by atoms with van der Waals surface area (Å²) in [4.78, 5) is 32.9. The highest BCUT2D eigenvalue weighted by Crippen LogP contribution is 2.39. The van der Waals surface area contributed by atoms with Crippen molar-refractivity contribution < 1.29 is 4.79 Å². The van der Waals surface area contributed by atoms with Crippen molar-refractivity contribution >= 4 is 16.9 Å².